The van der Waals surface area contributed by atoms with Crippen molar-refractivity contribution in [1.29, 1.82) is 0 Å². The summed E-state index contributed by atoms with van der Waals surface area (Å²) in [5, 5.41) is 19.0. The third-order valence-corrected chi connectivity index (χ3v) is 2.16. The number of aliphatic hydroxyl groups excluding tert-OH is 2. The molecular formula is C9H15NO4. The number of likely N-dealkylation sites (tertiary alicyclic amines) is 1. The van der Waals surface area contributed by atoms with Gasteiger partial charge in [-0.2, -0.15) is 0 Å². The number of hydrogen-bond acceptors (Lipinski definition) is 4. The molecule has 1 amide bonds. The Hall–Kier alpha value is -1.07. The van der Waals surface area contributed by atoms with Crippen LogP contribution in [0.5, 0.6) is 0 Å². The quantitative estimate of drug-likeness (QED) is 0.585. The van der Waals surface area contributed by atoms with Crippen LogP contribution in [-0.4, -0.2) is 46.5 Å². The summed E-state index contributed by atoms with van der Waals surface area (Å²) in [6.07, 6.45) is 0.0821. The summed E-state index contributed by atoms with van der Waals surface area (Å²) in [5.74, 6) is -0.129. The van der Waals surface area contributed by atoms with Crippen LogP contribution in [0.1, 0.15) is 12.8 Å². The molecule has 1 rings (SSSR count). The van der Waals surface area contributed by atoms with Crippen molar-refractivity contribution in [2.75, 3.05) is 13.2 Å². The summed E-state index contributed by atoms with van der Waals surface area (Å²) in [6.45, 7) is 3.74. The minimum atomic E-state index is -1.18. The van der Waals surface area contributed by atoms with Crippen molar-refractivity contribution in [3.05, 3.63) is 12.8 Å². The van der Waals surface area contributed by atoms with Crippen LogP contribution in [-0.2, 0) is 9.53 Å². The van der Waals surface area contributed by atoms with E-state index in [0.29, 0.717) is 13.0 Å². The minimum Gasteiger partial charge on any atom is -0.499 e. The molecule has 2 N–H and O–H groups in total. The number of carbonyl (C=O) groups is 1. The predicted molar refractivity (Wildman–Crippen MR) is 49.1 cm³/mol. The second kappa shape index (κ2) is 4.97. The summed E-state index contributed by atoms with van der Waals surface area (Å²) >= 11 is 0. The van der Waals surface area contributed by atoms with Crippen LogP contribution >= 0.6 is 0 Å². The van der Waals surface area contributed by atoms with Crippen molar-refractivity contribution < 1.29 is 19.7 Å². The van der Waals surface area contributed by atoms with Crippen LogP contribution in [0, 0.1) is 0 Å². The maximum Gasteiger partial charge on any atom is 0.224 e. The molecule has 80 valence electrons. The van der Waals surface area contributed by atoms with E-state index in [2.05, 4.69) is 6.58 Å². The second-order valence-electron chi connectivity index (χ2n) is 3.17. The first kappa shape index (κ1) is 11.0. The third-order valence-electron chi connectivity index (χ3n) is 2.16. The van der Waals surface area contributed by atoms with Gasteiger partial charge in [0.15, 0.2) is 6.23 Å². The molecule has 0 aromatic heterocycles. The summed E-state index contributed by atoms with van der Waals surface area (Å²) < 4.78 is 4.73. The molecule has 0 aromatic rings. The monoisotopic (exact) mass is 201 g/mol. The molecule has 1 aliphatic heterocycles. The topological polar surface area (TPSA) is 70.0 Å². The highest BCUT2D eigenvalue weighted by atomic mass is 16.5. The van der Waals surface area contributed by atoms with Crippen molar-refractivity contribution in [2.24, 2.45) is 0 Å². The van der Waals surface area contributed by atoms with E-state index in [-0.39, 0.29) is 12.5 Å². The zero-order valence-electron chi connectivity index (χ0n) is 7.93. The van der Waals surface area contributed by atoms with Crippen molar-refractivity contribution >= 4 is 5.91 Å². The van der Waals surface area contributed by atoms with Crippen LogP contribution < -0.4 is 0 Å². The second-order valence-corrected chi connectivity index (χ2v) is 3.17. The van der Waals surface area contributed by atoms with E-state index in [1.807, 2.05) is 0 Å². The molecular weight excluding hydrogens is 186 g/mol. The maximum atomic E-state index is 11.2. The fraction of sp³-hybridized carbons (Fsp3) is 0.667. The average Bonchev–Trinajstić information content (AvgIpc) is 2.59. The molecule has 5 heteroatoms. The van der Waals surface area contributed by atoms with Gasteiger partial charge >= 0.3 is 0 Å². The highest BCUT2D eigenvalue weighted by molar-refractivity contribution is 5.78. The van der Waals surface area contributed by atoms with E-state index in [1.165, 1.54) is 11.2 Å². The van der Waals surface area contributed by atoms with Crippen LogP contribution in [0.4, 0.5) is 0 Å². The average molecular weight is 201 g/mol. The van der Waals surface area contributed by atoms with E-state index in [9.17, 15) is 15.0 Å². The van der Waals surface area contributed by atoms with E-state index in [1.54, 1.807) is 0 Å². The minimum absolute atomic E-state index is 0.0611. The summed E-state index contributed by atoms with van der Waals surface area (Å²) in [5.41, 5.74) is 0. The van der Waals surface area contributed by atoms with E-state index < -0.39 is 12.3 Å². The summed E-state index contributed by atoms with van der Waals surface area (Å²) in [4.78, 5) is 12.4. The first-order valence-corrected chi connectivity index (χ1v) is 4.55. The Bertz CT molecular complexity index is 219. The molecule has 0 spiro atoms. The predicted octanol–water partition coefficient (Wildman–Crippen LogP) is -0.552. The van der Waals surface area contributed by atoms with Gasteiger partial charge in [-0.25, -0.2) is 0 Å². The molecule has 5 nitrogen and oxygen atoms in total. The molecule has 0 aromatic carbocycles. The Labute approximate surface area is 82.6 Å². The van der Waals surface area contributed by atoms with Gasteiger partial charge in [0.05, 0.1) is 6.26 Å². The molecule has 0 saturated carbocycles. The van der Waals surface area contributed by atoms with Gasteiger partial charge in [0, 0.05) is 13.0 Å². The van der Waals surface area contributed by atoms with Crippen molar-refractivity contribution in [3.63, 3.8) is 0 Å². The number of rotatable bonds is 5. The largest absolute Gasteiger partial charge is 0.499 e. The molecule has 1 fully saturated rings. The molecule has 1 heterocycles. The number of hydrogen-bond donors (Lipinski definition) is 2. The standard InChI is InChI=1S/C9H15NO4/c1-2-14-6-7(11)9(13)10-5-3-4-8(10)12/h2,7,9,11,13H,1,3-6H2. The van der Waals surface area contributed by atoms with Gasteiger partial charge < -0.3 is 19.8 Å². The Morgan fingerprint density at radius 3 is 2.86 bits per heavy atom. The van der Waals surface area contributed by atoms with Crippen molar-refractivity contribution in [2.45, 2.75) is 25.2 Å². The first-order chi connectivity index (χ1) is 6.66. The maximum absolute atomic E-state index is 11.2. The summed E-state index contributed by atoms with van der Waals surface area (Å²) in [7, 11) is 0. The van der Waals surface area contributed by atoms with Crippen LogP contribution in [0.15, 0.2) is 12.8 Å². The zero-order valence-corrected chi connectivity index (χ0v) is 7.93. The fourth-order valence-electron chi connectivity index (χ4n) is 1.41. The molecule has 2 unspecified atom stereocenters. The highest BCUT2D eigenvalue weighted by Gasteiger charge is 2.31. The number of aliphatic hydroxyl groups is 2. The van der Waals surface area contributed by atoms with Crippen molar-refractivity contribution in [3.8, 4) is 0 Å². The van der Waals surface area contributed by atoms with Crippen LogP contribution in [0.3, 0.4) is 0 Å². The summed E-state index contributed by atoms with van der Waals surface area (Å²) in [6, 6.07) is 0. The first-order valence-electron chi connectivity index (χ1n) is 4.55. The number of amides is 1. The lowest BCUT2D eigenvalue weighted by Crippen LogP contribution is -2.45. The van der Waals surface area contributed by atoms with Gasteiger partial charge in [-0.3, -0.25) is 4.79 Å². The zero-order chi connectivity index (χ0) is 10.6. The molecule has 1 saturated heterocycles. The lowest BCUT2D eigenvalue weighted by atomic mass is 10.3. The van der Waals surface area contributed by atoms with Gasteiger partial charge in [-0.05, 0) is 6.42 Å². The van der Waals surface area contributed by atoms with E-state index in [4.69, 9.17) is 4.74 Å². The van der Waals surface area contributed by atoms with Gasteiger partial charge in [0.25, 0.3) is 0 Å². The van der Waals surface area contributed by atoms with Crippen molar-refractivity contribution in [1.82, 2.24) is 4.90 Å². The molecule has 0 radical (unpaired) electrons. The Morgan fingerprint density at radius 1 is 1.64 bits per heavy atom. The smallest absolute Gasteiger partial charge is 0.224 e. The van der Waals surface area contributed by atoms with Gasteiger partial charge in [0.2, 0.25) is 5.91 Å². The van der Waals surface area contributed by atoms with E-state index >= 15 is 0 Å². The Balaban J connectivity index is 2.42. The van der Waals surface area contributed by atoms with Gasteiger partial charge in [0.1, 0.15) is 12.7 Å². The van der Waals surface area contributed by atoms with Crippen LogP contribution in [0.25, 0.3) is 0 Å². The normalized spacial score (nSPS) is 20.7. The molecule has 1 aliphatic rings. The SMILES string of the molecule is C=COCC(O)C(O)N1CCCC1=O. The van der Waals surface area contributed by atoms with E-state index in [0.717, 1.165) is 6.42 Å². The molecule has 0 bridgehead atoms. The molecule has 0 aliphatic carbocycles. The van der Waals surface area contributed by atoms with Crippen LogP contribution in [0.2, 0.25) is 0 Å². The van der Waals surface area contributed by atoms with Gasteiger partial charge in [-0.1, -0.05) is 6.58 Å². The highest BCUT2D eigenvalue weighted by Crippen LogP contribution is 2.14. The Kier molecular flexibility index (Phi) is 3.91. The molecule has 2 atom stereocenters. The number of nitrogens with zero attached hydrogens (tertiary/aromatic N) is 1. The lowest BCUT2D eigenvalue weighted by Gasteiger charge is -2.26. The number of carbonyl (C=O) groups excluding carboxylic acids is 1. The van der Waals surface area contributed by atoms with Gasteiger partial charge in [-0.15, -0.1) is 0 Å². The fourth-order valence-corrected chi connectivity index (χ4v) is 1.41. The third kappa shape index (κ3) is 2.46. The molecule has 14 heavy (non-hydrogen) atoms. The number of ether oxygens (including phenoxy) is 1. The lowest BCUT2D eigenvalue weighted by molar-refractivity contribution is -0.147. The Morgan fingerprint density at radius 2 is 2.36 bits per heavy atom.